The van der Waals surface area contributed by atoms with E-state index in [4.69, 9.17) is 17.3 Å². The van der Waals surface area contributed by atoms with E-state index in [1.165, 1.54) is 11.8 Å². The SMILES string of the molecule is NCCCSCC=C(Cl)C(F)(F)F. The Balaban J connectivity index is 3.60. The van der Waals surface area contributed by atoms with Crippen LogP contribution in [0.3, 0.4) is 0 Å². The molecule has 0 fully saturated rings. The van der Waals surface area contributed by atoms with Crippen LogP contribution in [0, 0.1) is 0 Å². The molecule has 6 heteroatoms. The summed E-state index contributed by atoms with van der Waals surface area (Å²) in [6, 6.07) is 0. The Bertz CT molecular complexity index is 170. The number of halogens is 4. The van der Waals surface area contributed by atoms with Gasteiger partial charge in [-0.2, -0.15) is 24.9 Å². The van der Waals surface area contributed by atoms with Crippen LogP contribution in [-0.2, 0) is 0 Å². The molecule has 13 heavy (non-hydrogen) atoms. The normalized spacial score (nSPS) is 13.5. The van der Waals surface area contributed by atoms with Gasteiger partial charge in [0.15, 0.2) is 0 Å². The Morgan fingerprint density at radius 2 is 2.08 bits per heavy atom. The van der Waals surface area contributed by atoms with Crippen molar-refractivity contribution in [3.05, 3.63) is 11.1 Å². The summed E-state index contributed by atoms with van der Waals surface area (Å²) in [5.41, 5.74) is 5.20. The molecule has 0 bridgehead atoms. The third-order valence-corrected chi connectivity index (χ3v) is 2.49. The number of nitrogens with two attached hydrogens (primary N) is 1. The van der Waals surface area contributed by atoms with Gasteiger partial charge in [0.05, 0.1) is 0 Å². The van der Waals surface area contributed by atoms with Gasteiger partial charge < -0.3 is 5.73 Å². The van der Waals surface area contributed by atoms with E-state index in [2.05, 4.69) is 0 Å². The highest BCUT2D eigenvalue weighted by atomic mass is 35.5. The summed E-state index contributed by atoms with van der Waals surface area (Å²) in [5.74, 6) is 1.04. The monoisotopic (exact) mass is 233 g/mol. The van der Waals surface area contributed by atoms with Gasteiger partial charge in [0, 0.05) is 5.75 Å². The summed E-state index contributed by atoms with van der Waals surface area (Å²) in [6.45, 7) is 0.559. The van der Waals surface area contributed by atoms with Gasteiger partial charge in [0.2, 0.25) is 0 Å². The molecule has 0 rings (SSSR count). The van der Waals surface area contributed by atoms with Crippen molar-refractivity contribution in [2.45, 2.75) is 12.6 Å². The van der Waals surface area contributed by atoms with Gasteiger partial charge in [0.1, 0.15) is 5.03 Å². The molecule has 0 saturated carbocycles. The number of alkyl halides is 3. The molecule has 0 aromatic rings. The van der Waals surface area contributed by atoms with Crippen molar-refractivity contribution in [1.82, 2.24) is 0 Å². The highest BCUT2D eigenvalue weighted by molar-refractivity contribution is 7.99. The molecule has 0 spiro atoms. The zero-order chi connectivity index (χ0) is 10.3. The lowest BCUT2D eigenvalue weighted by molar-refractivity contribution is -0.0846. The van der Waals surface area contributed by atoms with E-state index in [1.807, 2.05) is 0 Å². The van der Waals surface area contributed by atoms with E-state index in [0.717, 1.165) is 18.2 Å². The van der Waals surface area contributed by atoms with E-state index in [-0.39, 0.29) is 5.75 Å². The van der Waals surface area contributed by atoms with Crippen LogP contribution in [0.15, 0.2) is 11.1 Å². The molecule has 0 heterocycles. The minimum Gasteiger partial charge on any atom is -0.330 e. The summed E-state index contributed by atoms with van der Waals surface area (Å²) in [7, 11) is 0. The topological polar surface area (TPSA) is 26.0 Å². The standard InChI is InChI=1S/C7H11ClF3NS/c8-6(7(9,10)11)2-5-13-4-1-3-12/h2H,1,3-5,12H2. The zero-order valence-electron chi connectivity index (χ0n) is 6.90. The molecule has 0 amide bonds. The third-order valence-electron chi connectivity index (χ3n) is 1.14. The number of allylic oxidation sites excluding steroid dienone is 1. The van der Waals surface area contributed by atoms with E-state index in [1.54, 1.807) is 0 Å². The number of hydrogen-bond donors (Lipinski definition) is 1. The van der Waals surface area contributed by atoms with Crippen molar-refractivity contribution in [3.63, 3.8) is 0 Å². The average molecular weight is 234 g/mol. The molecule has 78 valence electrons. The van der Waals surface area contributed by atoms with Gasteiger partial charge >= 0.3 is 6.18 Å². The molecule has 0 aliphatic heterocycles. The number of hydrogen-bond acceptors (Lipinski definition) is 2. The average Bonchev–Trinajstić information content (AvgIpc) is 2.02. The molecule has 0 aliphatic carbocycles. The molecule has 0 saturated heterocycles. The first kappa shape index (κ1) is 13.1. The minimum atomic E-state index is -4.41. The first-order valence-electron chi connectivity index (χ1n) is 3.69. The Hall–Kier alpha value is 0.130. The molecule has 0 aromatic carbocycles. The molecule has 0 atom stereocenters. The maximum Gasteiger partial charge on any atom is 0.426 e. The number of rotatable bonds is 5. The molecule has 0 aliphatic rings. The van der Waals surface area contributed by atoms with Crippen molar-refractivity contribution in [2.75, 3.05) is 18.1 Å². The lowest BCUT2D eigenvalue weighted by Crippen LogP contribution is -2.07. The molecule has 0 aromatic heterocycles. The van der Waals surface area contributed by atoms with Gasteiger partial charge in [0.25, 0.3) is 0 Å². The molecule has 2 N–H and O–H groups in total. The second-order valence-electron chi connectivity index (χ2n) is 2.27. The third kappa shape index (κ3) is 7.22. The maximum atomic E-state index is 11.8. The van der Waals surface area contributed by atoms with E-state index in [9.17, 15) is 13.2 Å². The van der Waals surface area contributed by atoms with E-state index < -0.39 is 11.2 Å². The van der Waals surface area contributed by atoms with Crippen LogP contribution in [0.2, 0.25) is 0 Å². The Morgan fingerprint density at radius 3 is 2.54 bits per heavy atom. The smallest absolute Gasteiger partial charge is 0.330 e. The minimum absolute atomic E-state index is 0.276. The quantitative estimate of drug-likeness (QED) is 0.739. The largest absolute Gasteiger partial charge is 0.426 e. The van der Waals surface area contributed by atoms with Gasteiger partial charge in [-0.1, -0.05) is 17.7 Å². The van der Waals surface area contributed by atoms with E-state index in [0.29, 0.717) is 6.54 Å². The number of thioether (sulfide) groups is 1. The van der Waals surface area contributed by atoms with Crippen LogP contribution in [0.4, 0.5) is 13.2 Å². The highest BCUT2D eigenvalue weighted by Gasteiger charge is 2.31. The van der Waals surface area contributed by atoms with Gasteiger partial charge in [-0.15, -0.1) is 0 Å². The fourth-order valence-electron chi connectivity index (χ4n) is 0.517. The first-order chi connectivity index (χ1) is 5.98. The molecular formula is C7H11ClF3NS. The second kappa shape index (κ2) is 6.56. The van der Waals surface area contributed by atoms with Gasteiger partial charge in [-0.05, 0) is 18.7 Å². The van der Waals surface area contributed by atoms with Crippen LogP contribution >= 0.6 is 23.4 Å². The van der Waals surface area contributed by atoms with E-state index >= 15 is 0 Å². The first-order valence-corrected chi connectivity index (χ1v) is 5.22. The fourth-order valence-corrected chi connectivity index (χ4v) is 1.51. The lowest BCUT2D eigenvalue weighted by Gasteiger charge is -2.03. The summed E-state index contributed by atoms with van der Waals surface area (Å²) in [6.07, 6.45) is -2.62. The predicted octanol–water partition coefficient (Wildman–Crippen LogP) is 2.75. The second-order valence-corrected chi connectivity index (χ2v) is 3.82. The molecular weight excluding hydrogens is 223 g/mol. The van der Waals surface area contributed by atoms with Crippen molar-refractivity contribution in [2.24, 2.45) is 5.73 Å². The summed E-state index contributed by atoms with van der Waals surface area (Å²) >= 11 is 6.35. The maximum absolute atomic E-state index is 11.8. The predicted molar refractivity (Wildman–Crippen MR) is 51.0 cm³/mol. The molecule has 1 nitrogen and oxygen atoms in total. The van der Waals surface area contributed by atoms with Crippen molar-refractivity contribution < 1.29 is 13.2 Å². The Kier molecular flexibility index (Phi) is 6.63. The molecule has 0 radical (unpaired) electrons. The van der Waals surface area contributed by atoms with Crippen molar-refractivity contribution >= 4 is 23.4 Å². The Morgan fingerprint density at radius 1 is 1.46 bits per heavy atom. The van der Waals surface area contributed by atoms with Crippen LogP contribution in [0.5, 0.6) is 0 Å². The van der Waals surface area contributed by atoms with Crippen molar-refractivity contribution in [1.29, 1.82) is 0 Å². The van der Waals surface area contributed by atoms with Gasteiger partial charge in [-0.3, -0.25) is 0 Å². The van der Waals surface area contributed by atoms with Crippen LogP contribution < -0.4 is 5.73 Å². The zero-order valence-corrected chi connectivity index (χ0v) is 8.48. The van der Waals surface area contributed by atoms with Crippen LogP contribution in [0.1, 0.15) is 6.42 Å². The summed E-state index contributed by atoms with van der Waals surface area (Å²) in [4.78, 5) is 0. The van der Waals surface area contributed by atoms with Crippen LogP contribution in [0.25, 0.3) is 0 Å². The van der Waals surface area contributed by atoms with Gasteiger partial charge in [-0.25, -0.2) is 0 Å². The van der Waals surface area contributed by atoms with Crippen molar-refractivity contribution in [3.8, 4) is 0 Å². The Labute approximate surface area is 84.5 Å². The summed E-state index contributed by atoms with van der Waals surface area (Å²) in [5, 5.41) is -1.05. The summed E-state index contributed by atoms with van der Waals surface area (Å²) < 4.78 is 35.4. The van der Waals surface area contributed by atoms with Crippen LogP contribution in [-0.4, -0.2) is 24.2 Å². The highest BCUT2D eigenvalue weighted by Crippen LogP contribution is 2.28. The fraction of sp³-hybridized carbons (Fsp3) is 0.714. The lowest BCUT2D eigenvalue weighted by atomic mass is 10.5. The molecule has 0 unspecified atom stereocenters.